The van der Waals surface area contributed by atoms with Gasteiger partial charge in [0.25, 0.3) is 5.91 Å². The van der Waals surface area contributed by atoms with E-state index in [2.05, 4.69) is 11.0 Å². The SMILES string of the molecule is COc1ccc(C(=O)N2CCN(C(C#N)c3ccccc3Cl)CC2)cc1. The fraction of sp³-hybridized carbons (Fsp3) is 0.300. The molecule has 1 atom stereocenters. The first-order chi connectivity index (χ1) is 12.6. The molecule has 0 N–H and O–H groups in total. The molecule has 0 spiro atoms. The monoisotopic (exact) mass is 369 g/mol. The van der Waals surface area contributed by atoms with E-state index in [1.807, 2.05) is 23.1 Å². The van der Waals surface area contributed by atoms with Gasteiger partial charge in [-0.2, -0.15) is 5.26 Å². The molecule has 2 aromatic rings. The van der Waals surface area contributed by atoms with Gasteiger partial charge in [0.15, 0.2) is 0 Å². The van der Waals surface area contributed by atoms with E-state index in [1.54, 1.807) is 37.4 Å². The molecule has 2 aromatic carbocycles. The van der Waals surface area contributed by atoms with Gasteiger partial charge in [0.05, 0.1) is 13.2 Å². The maximum atomic E-state index is 12.6. The first-order valence-electron chi connectivity index (χ1n) is 8.45. The summed E-state index contributed by atoms with van der Waals surface area (Å²) >= 11 is 6.25. The molecule has 0 bridgehead atoms. The Bertz CT molecular complexity index is 809. The molecule has 134 valence electrons. The topological polar surface area (TPSA) is 56.6 Å². The second-order valence-electron chi connectivity index (χ2n) is 6.11. The lowest BCUT2D eigenvalue weighted by atomic mass is 10.1. The van der Waals surface area contributed by atoms with Crippen molar-refractivity contribution in [1.29, 1.82) is 5.26 Å². The number of piperazine rings is 1. The highest BCUT2D eigenvalue weighted by molar-refractivity contribution is 6.31. The minimum Gasteiger partial charge on any atom is -0.497 e. The van der Waals surface area contributed by atoms with Crippen molar-refractivity contribution in [3.8, 4) is 11.8 Å². The zero-order valence-electron chi connectivity index (χ0n) is 14.6. The van der Waals surface area contributed by atoms with Crippen LogP contribution in [0.4, 0.5) is 0 Å². The molecule has 0 saturated carbocycles. The third-order valence-electron chi connectivity index (χ3n) is 4.63. The van der Waals surface area contributed by atoms with Crippen LogP contribution < -0.4 is 4.74 Å². The smallest absolute Gasteiger partial charge is 0.253 e. The van der Waals surface area contributed by atoms with Gasteiger partial charge in [0, 0.05) is 42.3 Å². The van der Waals surface area contributed by atoms with Gasteiger partial charge < -0.3 is 9.64 Å². The van der Waals surface area contributed by atoms with Gasteiger partial charge in [-0.1, -0.05) is 29.8 Å². The lowest BCUT2D eigenvalue weighted by Gasteiger charge is -2.37. The van der Waals surface area contributed by atoms with Crippen LogP contribution in [-0.4, -0.2) is 49.0 Å². The number of methoxy groups -OCH3 is 1. The van der Waals surface area contributed by atoms with Gasteiger partial charge in [0.2, 0.25) is 0 Å². The van der Waals surface area contributed by atoms with Gasteiger partial charge in [-0.15, -0.1) is 0 Å². The Hall–Kier alpha value is -2.55. The molecule has 1 aliphatic rings. The van der Waals surface area contributed by atoms with Crippen LogP contribution in [-0.2, 0) is 0 Å². The molecular formula is C20H20ClN3O2. The van der Waals surface area contributed by atoms with E-state index in [9.17, 15) is 10.1 Å². The third-order valence-corrected chi connectivity index (χ3v) is 4.97. The number of hydrogen-bond acceptors (Lipinski definition) is 4. The number of nitriles is 1. The molecule has 5 nitrogen and oxygen atoms in total. The number of amides is 1. The van der Waals surface area contributed by atoms with Crippen LogP contribution in [0.25, 0.3) is 0 Å². The quantitative estimate of drug-likeness (QED) is 0.829. The predicted octanol–water partition coefficient (Wildman–Crippen LogP) is 3.37. The van der Waals surface area contributed by atoms with Crippen LogP contribution in [0.15, 0.2) is 48.5 Å². The number of ether oxygens (including phenoxy) is 1. The largest absolute Gasteiger partial charge is 0.497 e. The van der Waals surface area contributed by atoms with E-state index in [0.717, 1.165) is 11.3 Å². The van der Waals surface area contributed by atoms with E-state index in [4.69, 9.17) is 16.3 Å². The fourth-order valence-electron chi connectivity index (χ4n) is 3.14. The van der Waals surface area contributed by atoms with Crippen molar-refractivity contribution in [1.82, 2.24) is 9.80 Å². The van der Waals surface area contributed by atoms with E-state index in [1.165, 1.54) is 0 Å². The Morgan fingerprint density at radius 2 is 1.77 bits per heavy atom. The second-order valence-corrected chi connectivity index (χ2v) is 6.52. The second kappa shape index (κ2) is 8.22. The molecule has 0 aromatic heterocycles. The molecule has 26 heavy (non-hydrogen) atoms. The summed E-state index contributed by atoms with van der Waals surface area (Å²) in [4.78, 5) is 16.5. The summed E-state index contributed by atoms with van der Waals surface area (Å²) in [6.07, 6.45) is 0. The Kier molecular flexibility index (Phi) is 5.77. The molecule has 1 fully saturated rings. The Morgan fingerprint density at radius 3 is 2.35 bits per heavy atom. The summed E-state index contributed by atoms with van der Waals surface area (Å²) in [5, 5.41) is 10.2. The third kappa shape index (κ3) is 3.82. The molecular weight excluding hydrogens is 350 g/mol. The van der Waals surface area contributed by atoms with Crippen molar-refractivity contribution in [2.45, 2.75) is 6.04 Å². The standard InChI is InChI=1S/C20H20ClN3O2/c1-26-16-8-6-15(7-9-16)20(25)24-12-10-23(11-13-24)19(14-22)17-4-2-3-5-18(17)21/h2-9,19H,10-13H2,1H3. The lowest BCUT2D eigenvalue weighted by Crippen LogP contribution is -2.49. The summed E-state index contributed by atoms with van der Waals surface area (Å²) in [5.41, 5.74) is 1.45. The molecule has 1 saturated heterocycles. The highest BCUT2D eigenvalue weighted by Gasteiger charge is 2.28. The summed E-state index contributed by atoms with van der Waals surface area (Å²) in [5.74, 6) is 0.724. The number of benzene rings is 2. The number of hydrogen-bond donors (Lipinski definition) is 0. The number of carbonyl (C=O) groups excluding carboxylic acids is 1. The summed E-state index contributed by atoms with van der Waals surface area (Å²) in [6, 6.07) is 16.5. The fourth-order valence-corrected chi connectivity index (χ4v) is 3.38. The van der Waals surface area contributed by atoms with E-state index in [0.29, 0.717) is 36.8 Å². The number of carbonyl (C=O) groups is 1. The van der Waals surface area contributed by atoms with E-state index < -0.39 is 6.04 Å². The number of halogens is 1. The van der Waals surface area contributed by atoms with Gasteiger partial charge >= 0.3 is 0 Å². The minimum absolute atomic E-state index is 0.00134. The van der Waals surface area contributed by atoms with E-state index in [-0.39, 0.29) is 5.91 Å². The van der Waals surface area contributed by atoms with Crippen molar-refractivity contribution in [3.63, 3.8) is 0 Å². The normalized spacial score (nSPS) is 16.0. The van der Waals surface area contributed by atoms with Crippen LogP contribution >= 0.6 is 11.6 Å². The van der Waals surface area contributed by atoms with E-state index >= 15 is 0 Å². The average molecular weight is 370 g/mol. The van der Waals surface area contributed by atoms with Crippen LogP contribution in [0.1, 0.15) is 22.0 Å². The maximum Gasteiger partial charge on any atom is 0.253 e. The molecule has 1 aliphatic heterocycles. The molecule has 3 rings (SSSR count). The van der Waals surface area contributed by atoms with Gasteiger partial charge in [-0.05, 0) is 30.3 Å². The molecule has 6 heteroatoms. The molecule has 1 amide bonds. The summed E-state index contributed by atoms with van der Waals surface area (Å²) in [7, 11) is 1.60. The highest BCUT2D eigenvalue weighted by atomic mass is 35.5. The van der Waals surface area contributed by atoms with Crippen molar-refractivity contribution < 1.29 is 9.53 Å². The molecule has 1 heterocycles. The highest BCUT2D eigenvalue weighted by Crippen LogP contribution is 2.28. The Morgan fingerprint density at radius 1 is 1.12 bits per heavy atom. The van der Waals surface area contributed by atoms with Gasteiger partial charge in [-0.25, -0.2) is 0 Å². The molecule has 0 radical (unpaired) electrons. The van der Waals surface area contributed by atoms with Crippen molar-refractivity contribution >= 4 is 17.5 Å². The minimum atomic E-state index is -0.401. The lowest BCUT2D eigenvalue weighted by molar-refractivity contribution is 0.0606. The zero-order chi connectivity index (χ0) is 18.5. The first kappa shape index (κ1) is 18.2. The number of rotatable bonds is 4. The number of nitrogens with zero attached hydrogens (tertiary/aromatic N) is 3. The van der Waals surface area contributed by atoms with Crippen LogP contribution in [0.2, 0.25) is 5.02 Å². The van der Waals surface area contributed by atoms with Crippen LogP contribution in [0.5, 0.6) is 5.75 Å². The van der Waals surface area contributed by atoms with Crippen molar-refractivity contribution in [2.75, 3.05) is 33.3 Å². The van der Waals surface area contributed by atoms with Crippen LogP contribution in [0, 0.1) is 11.3 Å². The summed E-state index contributed by atoms with van der Waals surface area (Å²) < 4.78 is 5.13. The van der Waals surface area contributed by atoms with Gasteiger partial charge in [0.1, 0.15) is 11.8 Å². The average Bonchev–Trinajstić information content (AvgIpc) is 2.70. The predicted molar refractivity (Wildman–Crippen MR) is 100 cm³/mol. The van der Waals surface area contributed by atoms with Crippen LogP contribution in [0.3, 0.4) is 0 Å². The van der Waals surface area contributed by atoms with Crippen molar-refractivity contribution in [2.24, 2.45) is 0 Å². The molecule has 1 unspecified atom stereocenters. The van der Waals surface area contributed by atoms with Gasteiger partial charge in [-0.3, -0.25) is 9.69 Å². The maximum absolute atomic E-state index is 12.6. The summed E-state index contributed by atoms with van der Waals surface area (Å²) in [6.45, 7) is 2.41. The molecule has 0 aliphatic carbocycles. The zero-order valence-corrected chi connectivity index (χ0v) is 15.3. The Labute approximate surface area is 158 Å². The van der Waals surface area contributed by atoms with Crippen molar-refractivity contribution in [3.05, 3.63) is 64.7 Å². The first-order valence-corrected chi connectivity index (χ1v) is 8.83. The Balaban J connectivity index is 1.65.